The van der Waals surface area contributed by atoms with Gasteiger partial charge in [-0.05, 0) is 27.1 Å². The van der Waals surface area contributed by atoms with Crippen LogP contribution in [0.25, 0.3) is 0 Å². The topological polar surface area (TPSA) is 58.6 Å². The third-order valence-corrected chi connectivity index (χ3v) is 3.11. The van der Waals surface area contributed by atoms with E-state index in [1.807, 2.05) is 6.92 Å². The molecular formula is C12H18N4O2. The number of carbonyl (C=O) groups excluding carboxylic acids is 1. The number of methoxy groups -OCH3 is 1. The molecule has 2 heterocycles. The fourth-order valence-corrected chi connectivity index (χ4v) is 1.85. The van der Waals surface area contributed by atoms with Gasteiger partial charge in [-0.3, -0.25) is 0 Å². The number of esters is 1. The number of ether oxygens (including phenoxy) is 1. The molecule has 18 heavy (non-hydrogen) atoms. The average molecular weight is 250 g/mol. The zero-order valence-corrected chi connectivity index (χ0v) is 11.2. The largest absolute Gasteiger partial charge is 0.464 e. The van der Waals surface area contributed by atoms with Crippen molar-refractivity contribution in [1.29, 1.82) is 0 Å². The van der Waals surface area contributed by atoms with E-state index in [1.165, 1.54) is 7.11 Å². The number of hydrogen-bond acceptors (Lipinski definition) is 6. The molecule has 1 fully saturated rings. The molecule has 1 aromatic heterocycles. The monoisotopic (exact) mass is 250 g/mol. The Hall–Kier alpha value is -1.69. The highest BCUT2D eigenvalue weighted by molar-refractivity contribution is 5.87. The van der Waals surface area contributed by atoms with Crippen LogP contribution in [-0.4, -0.2) is 61.2 Å². The Morgan fingerprint density at radius 2 is 2.11 bits per heavy atom. The number of anilines is 1. The van der Waals surface area contributed by atoms with Gasteiger partial charge in [0.15, 0.2) is 5.69 Å². The second-order valence-corrected chi connectivity index (χ2v) is 4.71. The van der Waals surface area contributed by atoms with Crippen LogP contribution in [0.2, 0.25) is 0 Å². The van der Waals surface area contributed by atoms with Gasteiger partial charge in [0.05, 0.1) is 7.11 Å². The molecule has 6 heteroatoms. The molecule has 1 aliphatic heterocycles. The van der Waals surface area contributed by atoms with Crippen LogP contribution in [0, 0.1) is 6.92 Å². The molecule has 0 unspecified atom stereocenters. The molecule has 1 aromatic rings. The third kappa shape index (κ3) is 2.43. The van der Waals surface area contributed by atoms with E-state index in [9.17, 15) is 4.79 Å². The molecule has 0 amide bonds. The van der Waals surface area contributed by atoms with E-state index in [4.69, 9.17) is 0 Å². The van der Waals surface area contributed by atoms with Crippen molar-refractivity contribution >= 4 is 11.9 Å². The van der Waals surface area contributed by atoms with Gasteiger partial charge >= 0.3 is 5.97 Å². The Morgan fingerprint density at radius 1 is 1.44 bits per heavy atom. The normalized spacial score (nSPS) is 15.7. The van der Waals surface area contributed by atoms with Crippen LogP contribution in [0.15, 0.2) is 6.07 Å². The summed E-state index contributed by atoms with van der Waals surface area (Å²) in [5, 5.41) is 0. The summed E-state index contributed by atoms with van der Waals surface area (Å²) >= 11 is 0. The van der Waals surface area contributed by atoms with E-state index in [2.05, 4.69) is 38.6 Å². The van der Waals surface area contributed by atoms with Crippen LogP contribution in [0.4, 0.5) is 5.95 Å². The van der Waals surface area contributed by atoms with Gasteiger partial charge in [-0.25, -0.2) is 14.8 Å². The molecule has 1 saturated heterocycles. The van der Waals surface area contributed by atoms with E-state index in [0.29, 0.717) is 17.7 Å². The minimum absolute atomic E-state index is 0.313. The molecule has 2 rings (SSSR count). The molecule has 0 spiro atoms. The van der Waals surface area contributed by atoms with Crippen molar-refractivity contribution in [3.63, 3.8) is 0 Å². The molecule has 0 atom stereocenters. The van der Waals surface area contributed by atoms with Crippen LogP contribution >= 0.6 is 0 Å². The summed E-state index contributed by atoms with van der Waals surface area (Å²) in [6, 6.07) is 2.16. The zero-order chi connectivity index (χ0) is 13.3. The highest BCUT2D eigenvalue weighted by Gasteiger charge is 2.30. The van der Waals surface area contributed by atoms with Gasteiger partial charge in [0, 0.05) is 24.8 Å². The summed E-state index contributed by atoms with van der Waals surface area (Å²) in [6.45, 7) is 3.62. The molecule has 0 N–H and O–H groups in total. The molecule has 0 bridgehead atoms. The van der Waals surface area contributed by atoms with Gasteiger partial charge in [-0.2, -0.15) is 0 Å². The Labute approximate surface area is 107 Å². The Kier molecular flexibility index (Phi) is 3.47. The summed E-state index contributed by atoms with van der Waals surface area (Å²) < 4.78 is 4.68. The number of aromatic nitrogens is 2. The maximum atomic E-state index is 11.5. The average Bonchev–Trinajstić information content (AvgIpc) is 2.24. The van der Waals surface area contributed by atoms with Gasteiger partial charge in [0.25, 0.3) is 0 Å². The lowest BCUT2D eigenvalue weighted by molar-refractivity contribution is 0.0593. The Balaban J connectivity index is 2.15. The van der Waals surface area contributed by atoms with E-state index >= 15 is 0 Å². The molecule has 0 aromatic carbocycles. The second kappa shape index (κ2) is 4.89. The molecule has 0 radical (unpaired) electrons. The smallest absolute Gasteiger partial charge is 0.356 e. The van der Waals surface area contributed by atoms with Gasteiger partial charge in [-0.1, -0.05) is 0 Å². The minimum Gasteiger partial charge on any atom is -0.464 e. The lowest BCUT2D eigenvalue weighted by Gasteiger charge is -2.42. The Morgan fingerprint density at radius 3 is 2.67 bits per heavy atom. The predicted molar refractivity (Wildman–Crippen MR) is 67.8 cm³/mol. The van der Waals surface area contributed by atoms with Crippen molar-refractivity contribution in [3.05, 3.63) is 17.5 Å². The van der Waals surface area contributed by atoms with Crippen LogP contribution in [-0.2, 0) is 4.74 Å². The number of likely N-dealkylation sites (N-methyl/N-ethyl adjacent to an activating group) is 1. The second-order valence-electron chi connectivity index (χ2n) is 4.71. The lowest BCUT2D eigenvalue weighted by atomic mass is 10.1. The molecule has 1 aliphatic rings. The summed E-state index contributed by atoms with van der Waals surface area (Å²) in [5.41, 5.74) is 1.09. The minimum atomic E-state index is -0.425. The first-order valence-corrected chi connectivity index (χ1v) is 5.86. The summed E-state index contributed by atoms with van der Waals surface area (Å²) in [4.78, 5) is 24.3. The van der Waals surface area contributed by atoms with E-state index in [1.54, 1.807) is 6.07 Å². The SMILES string of the molecule is COC(=O)c1cc(C)nc(N2CC(N(C)C)C2)n1. The number of nitrogens with zero attached hydrogens (tertiary/aromatic N) is 4. The summed E-state index contributed by atoms with van der Waals surface area (Å²) in [7, 11) is 5.46. The fourth-order valence-electron chi connectivity index (χ4n) is 1.85. The van der Waals surface area contributed by atoms with Crippen LogP contribution in [0.5, 0.6) is 0 Å². The maximum absolute atomic E-state index is 11.5. The first-order chi connectivity index (χ1) is 8.51. The summed E-state index contributed by atoms with van der Waals surface area (Å²) in [5.74, 6) is 0.180. The molecule has 98 valence electrons. The van der Waals surface area contributed by atoms with Crippen molar-refractivity contribution in [2.75, 3.05) is 39.2 Å². The maximum Gasteiger partial charge on any atom is 0.356 e. The quantitative estimate of drug-likeness (QED) is 0.720. The van der Waals surface area contributed by atoms with Crippen molar-refractivity contribution in [1.82, 2.24) is 14.9 Å². The van der Waals surface area contributed by atoms with Gasteiger partial charge in [0.2, 0.25) is 5.95 Å². The lowest BCUT2D eigenvalue weighted by Crippen LogP contribution is -2.58. The zero-order valence-electron chi connectivity index (χ0n) is 11.2. The first kappa shape index (κ1) is 12.8. The van der Waals surface area contributed by atoms with Gasteiger partial charge in [0.1, 0.15) is 0 Å². The van der Waals surface area contributed by atoms with Crippen LogP contribution in [0.3, 0.4) is 0 Å². The number of carbonyl (C=O) groups is 1. The van der Waals surface area contributed by atoms with Crippen molar-refractivity contribution in [3.8, 4) is 0 Å². The van der Waals surface area contributed by atoms with Crippen LogP contribution < -0.4 is 4.90 Å². The first-order valence-electron chi connectivity index (χ1n) is 5.86. The van der Waals surface area contributed by atoms with Gasteiger partial charge in [-0.15, -0.1) is 0 Å². The van der Waals surface area contributed by atoms with Gasteiger partial charge < -0.3 is 14.5 Å². The van der Waals surface area contributed by atoms with E-state index in [0.717, 1.165) is 18.8 Å². The van der Waals surface area contributed by atoms with E-state index < -0.39 is 5.97 Å². The number of aryl methyl sites for hydroxylation is 1. The van der Waals surface area contributed by atoms with E-state index in [-0.39, 0.29) is 0 Å². The molecule has 0 saturated carbocycles. The number of rotatable bonds is 3. The Bertz CT molecular complexity index is 455. The van der Waals surface area contributed by atoms with Crippen molar-refractivity contribution in [2.45, 2.75) is 13.0 Å². The highest BCUT2D eigenvalue weighted by Crippen LogP contribution is 2.19. The van der Waals surface area contributed by atoms with Crippen molar-refractivity contribution in [2.24, 2.45) is 0 Å². The molecule has 0 aliphatic carbocycles. The standard InChI is InChI=1S/C12H18N4O2/c1-8-5-10(11(17)18-4)14-12(13-8)16-6-9(7-16)15(2)3/h5,9H,6-7H2,1-4H3. The highest BCUT2D eigenvalue weighted by atomic mass is 16.5. The fraction of sp³-hybridized carbons (Fsp3) is 0.583. The van der Waals surface area contributed by atoms with Crippen molar-refractivity contribution < 1.29 is 9.53 Å². The predicted octanol–water partition coefficient (Wildman–Crippen LogP) is 0.322. The molecular weight excluding hydrogens is 232 g/mol. The summed E-state index contributed by atoms with van der Waals surface area (Å²) in [6.07, 6.45) is 0. The third-order valence-electron chi connectivity index (χ3n) is 3.11. The number of hydrogen-bond donors (Lipinski definition) is 0. The van der Waals surface area contributed by atoms with Crippen LogP contribution in [0.1, 0.15) is 16.2 Å². The molecule has 6 nitrogen and oxygen atoms in total.